The molecular weight excluding hydrogens is 284 g/mol. The van der Waals surface area contributed by atoms with E-state index in [1.54, 1.807) is 29.8 Å². The molecule has 2 aromatic rings. The lowest BCUT2D eigenvalue weighted by atomic mass is 9.97. The molecule has 1 amide bonds. The number of piperidine rings is 1. The summed E-state index contributed by atoms with van der Waals surface area (Å²) in [5, 5.41) is 5.06. The Morgan fingerprint density at radius 1 is 1.38 bits per heavy atom. The largest absolute Gasteiger partial charge is 0.351 e. The molecule has 0 spiro atoms. The molecule has 110 valence electrons. The van der Waals surface area contributed by atoms with E-state index in [-0.39, 0.29) is 11.8 Å². The van der Waals surface area contributed by atoms with Crippen molar-refractivity contribution in [1.82, 2.24) is 15.3 Å². The Balaban J connectivity index is 1.56. The highest BCUT2D eigenvalue weighted by Gasteiger charge is 2.26. The smallest absolute Gasteiger partial charge is 0.225 e. The van der Waals surface area contributed by atoms with Crippen LogP contribution in [0.25, 0.3) is 0 Å². The molecule has 1 N–H and O–H groups in total. The van der Waals surface area contributed by atoms with Gasteiger partial charge in [0.25, 0.3) is 0 Å². The van der Waals surface area contributed by atoms with E-state index in [4.69, 9.17) is 0 Å². The number of carbonyl (C=O) groups is 1. The Morgan fingerprint density at radius 2 is 2.24 bits per heavy atom. The van der Waals surface area contributed by atoms with Gasteiger partial charge in [-0.3, -0.25) is 4.79 Å². The number of hydrogen-bond donors (Lipinski definition) is 1. The van der Waals surface area contributed by atoms with Crippen LogP contribution in [0.5, 0.6) is 0 Å². The summed E-state index contributed by atoms with van der Waals surface area (Å²) >= 11 is 1.66. The zero-order valence-electron chi connectivity index (χ0n) is 11.7. The van der Waals surface area contributed by atoms with E-state index >= 15 is 0 Å². The highest BCUT2D eigenvalue weighted by molar-refractivity contribution is 7.09. The molecule has 2 aromatic heterocycles. The molecule has 1 fully saturated rings. The summed E-state index contributed by atoms with van der Waals surface area (Å²) in [5.74, 6) is 0.861. The third kappa shape index (κ3) is 3.58. The average molecular weight is 302 g/mol. The van der Waals surface area contributed by atoms with E-state index < -0.39 is 0 Å². The first-order valence-corrected chi connectivity index (χ1v) is 8.03. The first kappa shape index (κ1) is 14.0. The van der Waals surface area contributed by atoms with Crippen molar-refractivity contribution in [2.45, 2.75) is 19.4 Å². The predicted octanol–water partition coefficient (Wildman–Crippen LogP) is 2.07. The standard InChI is InChI=1S/C15H18N4OS/c20-14(18-10-13-5-2-9-21-13)12-4-1-8-19(11-12)15-16-6-3-7-17-15/h2-3,5-7,9,12H,1,4,8,10-11H2,(H,18,20)/t12-/m0/s1. The molecule has 3 heterocycles. The van der Waals surface area contributed by atoms with Gasteiger partial charge in [0.15, 0.2) is 0 Å². The van der Waals surface area contributed by atoms with Gasteiger partial charge in [0, 0.05) is 30.4 Å². The van der Waals surface area contributed by atoms with Crippen molar-refractivity contribution < 1.29 is 4.79 Å². The maximum Gasteiger partial charge on any atom is 0.225 e. The van der Waals surface area contributed by atoms with Gasteiger partial charge in [-0.2, -0.15) is 0 Å². The van der Waals surface area contributed by atoms with Gasteiger partial charge < -0.3 is 10.2 Å². The Bertz CT molecular complexity index is 573. The van der Waals surface area contributed by atoms with Crippen LogP contribution in [0.15, 0.2) is 36.0 Å². The van der Waals surface area contributed by atoms with Gasteiger partial charge in [0.05, 0.1) is 12.5 Å². The minimum Gasteiger partial charge on any atom is -0.351 e. The maximum atomic E-state index is 12.3. The monoisotopic (exact) mass is 302 g/mol. The number of amides is 1. The molecule has 0 unspecified atom stereocenters. The van der Waals surface area contributed by atoms with Gasteiger partial charge in [0.1, 0.15) is 0 Å². The van der Waals surface area contributed by atoms with Crippen LogP contribution in [0.3, 0.4) is 0 Å². The summed E-state index contributed by atoms with van der Waals surface area (Å²) in [6.45, 7) is 2.23. The molecule has 1 aliphatic heterocycles. The van der Waals surface area contributed by atoms with Crippen LogP contribution >= 0.6 is 11.3 Å². The fraction of sp³-hybridized carbons (Fsp3) is 0.400. The molecule has 0 bridgehead atoms. The highest BCUT2D eigenvalue weighted by Crippen LogP contribution is 2.20. The SMILES string of the molecule is O=C(NCc1cccs1)[C@H]1CCCN(c2ncccn2)C1. The molecule has 0 saturated carbocycles. The van der Waals surface area contributed by atoms with Crippen LogP contribution in [-0.2, 0) is 11.3 Å². The summed E-state index contributed by atoms with van der Waals surface area (Å²) in [6.07, 6.45) is 5.40. The summed E-state index contributed by atoms with van der Waals surface area (Å²) < 4.78 is 0. The van der Waals surface area contributed by atoms with Crippen LogP contribution in [0, 0.1) is 5.92 Å². The molecular formula is C15H18N4OS. The molecule has 21 heavy (non-hydrogen) atoms. The lowest BCUT2D eigenvalue weighted by Gasteiger charge is -2.31. The number of nitrogens with one attached hydrogen (secondary N) is 1. The van der Waals surface area contributed by atoms with Crippen molar-refractivity contribution in [3.63, 3.8) is 0 Å². The number of anilines is 1. The van der Waals surface area contributed by atoms with E-state index in [2.05, 4.69) is 20.2 Å². The topological polar surface area (TPSA) is 58.1 Å². The molecule has 0 radical (unpaired) electrons. The molecule has 5 nitrogen and oxygen atoms in total. The van der Waals surface area contributed by atoms with Gasteiger partial charge in [0.2, 0.25) is 11.9 Å². The molecule has 0 aliphatic carbocycles. The molecule has 3 rings (SSSR count). The Labute approximate surface area is 128 Å². The highest BCUT2D eigenvalue weighted by atomic mass is 32.1. The first-order chi connectivity index (χ1) is 10.3. The predicted molar refractivity (Wildman–Crippen MR) is 83.1 cm³/mol. The van der Waals surface area contributed by atoms with Crippen molar-refractivity contribution in [3.8, 4) is 0 Å². The van der Waals surface area contributed by atoms with Crippen LogP contribution in [0.2, 0.25) is 0 Å². The van der Waals surface area contributed by atoms with E-state index in [1.807, 2.05) is 17.5 Å². The Hall–Kier alpha value is -1.95. The molecule has 6 heteroatoms. The summed E-state index contributed by atoms with van der Waals surface area (Å²) in [4.78, 5) is 24.1. The number of nitrogens with zero attached hydrogens (tertiary/aromatic N) is 3. The Kier molecular flexibility index (Phi) is 4.45. The number of hydrogen-bond acceptors (Lipinski definition) is 5. The van der Waals surface area contributed by atoms with E-state index in [0.717, 1.165) is 19.4 Å². The summed E-state index contributed by atoms with van der Waals surface area (Å²) in [7, 11) is 0. The fourth-order valence-corrected chi connectivity index (χ4v) is 3.20. The molecule has 0 aromatic carbocycles. The number of carbonyl (C=O) groups excluding carboxylic acids is 1. The second-order valence-corrected chi connectivity index (χ2v) is 6.16. The average Bonchev–Trinajstić information content (AvgIpc) is 3.07. The van der Waals surface area contributed by atoms with Crippen molar-refractivity contribution in [1.29, 1.82) is 0 Å². The van der Waals surface area contributed by atoms with Crippen LogP contribution in [-0.4, -0.2) is 29.0 Å². The van der Waals surface area contributed by atoms with E-state index in [0.29, 0.717) is 19.0 Å². The van der Waals surface area contributed by atoms with Gasteiger partial charge >= 0.3 is 0 Å². The minimum atomic E-state index is 0.0162. The lowest BCUT2D eigenvalue weighted by molar-refractivity contribution is -0.125. The van der Waals surface area contributed by atoms with Gasteiger partial charge in [-0.15, -0.1) is 11.3 Å². The molecule has 1 aliphatic rings. The number of rotatable bonds is 4. The number of aromatic nitrogens is 2. The summed E-state index contributed by atoms with van der Waals surface area (Å²) in [5.41, 5.74) is 0. The van der Waals surface area contributed by atoms with Crippen molar-refractivity contribution in [2.75, 3.05) is 18.0 Å². The van der Waals surface area contributed by atoms with Gasteiger partial charge in [-0.25, -0.2) is 9.97 Å². The fourth-order valence-electron chi connectivity index (χ4n) is 2.56. The van der Waals surface area contributed by atoms with Crippen LogP contribution < -0.4 is 10.2 Å². The van der Waals surface area contributed by atoms with Crippen molar-refractivity contribution in [3.05, 3.63) is 40.8 Å². The number of thiophene rings is 1. The first-order valence-electron chi connectivity index (χ1n) is 7.15. The zero-order chi connectivity index (χ0) is 14.5. The van der Waals surface area contributed by atoms with Crippen molar-refractivity contribution >= 4 is 23.2 Å². The zero-order valence-corrected chi connectivity index (χ0v) is 12.6. The normalized spacial score (nSPS) is 18.5. The van der Waals surface area contributed by atoms with Crippen LogP contribution in [0.4, 0.5) is 5.95 Å². The van der Waals surface area contributed by atoms with Gasteiger partial charge in [-0.05, 0) is 30.4 Å². The third-order valence-corrected chi connectivity index (χ3v) is 4.52. The van der Waals surface area contributed by atoms with Crippen molar-refractivity contribution in [2.24, 2.45) is 5.92 Å². The Morgan fingerprint density at radius 3 is 3.00 bits per heavy atom. The second kappa shape index (κ2) is 6.67. The van der Waals surface area contributed by atoms with E-state index in [1.165, 1.54) is 4.88 Å². The quantitative estimate of drug-likeness (QED) is 0.939. The molecule has 1 saturated heterocycles. The summed E-state index contributed by atoms with van der Waals surface area (Å²) in [6, 6.07) is 5.84. The lowest BCUT2D eigenvalue weighted by Crippen LogP contribution is -2.43. The molecule has 1 atom stereocenters. The van der Waals surface area contributed by atoms with Crippen LogP contribution in [0.1, 0.15) is 17.7 Å². The minimum absolute atomic E-state index is 0.0162. The van der Waals surface area contributed by atoms with E-state index in [9.17, 15) is 4.79 Å². The maximum absolute atomic E-state index is 12.3. The van der Waals surface area contributed by atoms with Gasteiger partial charge in [-0.1, -0.05) is 6.07 Å². The second-order valence-electron chi connectivity index (χ2n) is 5.13. The third-order valence-electron chi connectivity index (χ3n) is 3.64.